The molecule has 1 aliphatic heterocycles. The topological polar surface area (TPSA) is 45.4 Å². The van der Waals surface area contributed by atoms with E-state index in [0.29, 0.717) is 12.1 Å². The molecule has 4 heteroatoms. The summed E-state index contributed by atoms with van der Waals surface area (Å²) in [4.78, 5) is 9.42. The Bertz CT molecular complexity index is 386. The van der Waals surface area contributed by atoms with Gasteiger partial charge in [0.2, 0.25) is 0 Å². The molecule has 0 amide bonds. The molecule has 2 unspecified atom stereocenters. The second-order valence-electron chi connectivity index (χ2n) is 5.73. The van der Waals surface area contributed by atoms with Crippen molar-refractivity contribution in [1.82, 2.24) is 9.88 Å². The third kappa shape index (κ3) is 2.90. The lowest BCUT2D eigenvalue weighted by Gasteiger charge is -2.43. The zero-order chi connectivity index (χ0) is 13.1. The van der Waals surface area contributed by atoms with E-state index in [1.165, 1.54) is 25.7 Å². The first-order valence-electron chi connectivity index (χ1n) is 7.50. The summed E-state index contributed by atoms with van der Waals surface area (Å²) < 4.78 is 0. The number of hydrogen-bond donors (Lipinski definition) is 1. The molecule has 1 saturated carbocycles. The van der Waals surface area contributed by atoms with E-state index in [-0.39, 0.29) is 0 Å². The summed E-state index contributed by atoms with van der Waals surface area (Å²) in [5.41, 5.74) is 6.29. The van der Waals surface area contributed by atoms with E-state index < -0.39 is 0 Å². The molecule has 2 aliphatic rings. The minimum Gasteiger partial charge on any atom is -0.354 e. The Morgan fingerprint density at radius 2 is 1.84 bits per heavy atom. The van der Waals surface area contributed by atoms with Crippen molar-refractivity contribution in [2.75, 3.05) is 31.1 Å². The maximum Gasteiger partial charge on any atom is 0.128 e. The fourth-order valence-electron chi connectivity index (χ4n) is 3.42. The van der Waals surface area contributed by atoms with Crippen LogP contribution in [0.1, 0.15) is 25.7 Å². The number of rotatable bonds is 2. The Hall–Kier alpha value is -1.13. The quantitative estimate of drug-likeness (QED) is 0.875. The van der Waals surface area contributed by atoms with Crippen LogP contribution in [0, 0.1) is 0 Å². The predicted octanol–water partition coefficient (Wildman–Crippen LogP) is 1.47. The molecule has 19 heavy (non-hydrogen) atoms. The lowest BCUT2D eigenvalue weighted by Crippen LogP contribution is -2.56. The predicted molar refractivity (Wildman–Crippen MR) is 78.3 cm³/mol. The van der Waals surface area contributed by atoms with Gasteiger partial charge in [-0.2, -0.15) is 0 Å². The first kappa shape index (κ1) is 12.9. The minimum absolute atomic E-state index is 0.384. The lowest BCUT2D eigenvalue weighted by atomic mass is 9.89. The molecule has 104 valence electrons. The largest absolute Gasteiger partial charge is 0.354 e. The Morgan fingerprint density at radius 3 is 2.53 bits per heavy atom. The number of anilines is 1. The smallest absolute Gasteiger partial charge is 0.128 e. The summed E-state index contributed by atoms with van der Waals surface area (Å²) in [6.45, 7) is 4.38. The Morgan fingerprint density at radius 1 is 1.05 bits per heavy atom. The van der Waals surface area contributed by atoms with Crippen molar-refractivity contribution in [3.05, 3.63) is 24.4 Å². The molecule has 2 N–H and O–H groups in total. The molecule has 0 spiro atoms. The molecule has 2 atom stereocenters. The molecule has 1 saturated heterocycles. The van der Waals surface area contributed by atoms with Gasteiger partial charge in [0.05, 0.1) is 0 Å². The monoisotopic (exact) mass is 260 g/mol. The summed E-state index contributed by atoms with van der Waals surface area (Å²) in [5, 5.41) is 0. The number of piperazine rings is 1. The van der Waals surface area contributed by atoms with Crippen LogP contribution < -0.4 is 10.6 Å². The number of aromatic nitrogens is 1. The third-order valence-electron chi connectivity index (χ3n) is 4.54. The van der Waals surface area contributed by atoms with E-state index in [1.807, 2.05) is 12.3 Å². The van der Waals surface area contributed by atoms with Gasteiger partial charge < -0.3 is 10.6 Å². The first-order chi connectivity index (χ1) is 9.34. The highest BCUT2D eigenvalue weighted by atomic mass is 15.3. The number of nitrogens with zero attached hydrogens (tertiary/aromatic N) is 3. The van der Waals surface area contributed by atoms with Crippen LogP contribution in [0.3, 0.4) is 0 Å². The maximum absolute atomic E-state index is 6.29. The molecule has 0 radical (unpaired) electrons. The summed E-state index contributed by atoms with van der Waals surface area (Å²) >= 11 is 0. The Labute approximate surface area is 115 Å². The Kier molecular flexibility index (Phi) is 3.99. The van der Waals surface area contributed by atoms with Crippen molar-refractivity contribution in [1.29, 1.82) is 0 Å². The van der Waals surface area contributed by atoms with E-state index in [0.717, 1.165) is 32.0 Å². The zero-order valence-electron chi connectivity index (χ0n) is 11.5. The molecule has 1 aromatic rings. The van der Waals surface area contributed by atoms with Gasteiger partial charge in [-0.25, -0.2) is 4.98 Å². The molecule has 0 bridgehead atoms. The maximum atomic E-state index is 6.29. The van der Waals surface area contributed by atoms with E-state index in [4.69, 9.17) is 5.73 Å². The highest BCUT2D eigenvalue weighted by molar-refractivity contribution is 5.38. The molecule has 3 rings (SSSR count). The zero-order valence-corrected chi connectivity index (χ0v) is 11.5. The van der Waals surface area contributed by atoms with Crippen molar-refractivity contribution in [2.24, 2.45) is 5.73 Å². The minimum atomic E-state index is 0.384. The van der Waals surface area contributed by atoms with Crippen LogP contribution in [0.2, 0.25) is 0 Å². The van der Waals surface area contributed by atoms with E-state index in [9.17, 15) is 0 Å². The van der Waals surface area contributed by atoms with Gasteiger partial charge in [0.25, 0.3) is 0 Å². The summed E-state index contributed by atoms with van der Waals surface area (Å²) in [6, 6.07) is 7.13. The van der Waals surface area contributed by atoms with Crippen LogP contribution >= 0.6 is 0 Å². The van der Waals surface area contributed by atoms with Crippen LogP contribution in [0.15, 0.2) is 24.4 Å². The standard InChI is InChI=1S/C15H24N4/c16-13-5-1-2-6-14(13)18-9-11-19(12-10-18)15-7-3-4-8-17-15/h3-4,7-8,13-14H,1-2,5-6,9-12,16H2. The van der Waals surface area contributed by atoms with Gasteiger partial charge in [-0.15, -0.1) is 0 Å². The third-order valence-corrected chi connectivity index (χ3v) is 4.54. The van der Waals surface area contributed by atoms with Gasteiger partial charge in [-0.1, -0.05) is 18.9 Å². The molecule has 1 aliphatic carbocycles. The highest BCUT2D eigenvalue weighted by Gasteiger charge is 2.30. The molecular weight excluding hydrogens is 236 g/mol. The van der Waals surface area contributed by atoms with E-state index in [2.05, 4.69) is 26.9 Å². The van der Waals surface area contributed by atoms with Crippen LogP contribution in [0.25, 0.3) is 0 Å². The van der Waals surface area contributed by atoms with Crippen molar-refractivity contribution in [3.63, 3.8) is 0 Å². The number of hydrogen-bond acceptors (Lipinski definition) is 4. The van der Waals surface area contributed by atoms with Crippen molar-refractivity contribution >= 4 is 5.82 Å². The van der Waals surface area contributed by atoms with Crippen LogP contribution in [-0.2, 0) is 0 Å². The fraction of sp³-hybridized carbons (Fsp3) is 0.667. The normalized spacial score (nSPS) is 29.4. The second-order valence-corrected chi connectivity index (χ2v) is 5.73. The molecular formula is C15H24N4. The average Bonchev–Trinajstić information content (AvgIpc) is 2.49. The SMILES string of the molecule is NC1CCCCC1N1CCN(c2ccccn2)CC1. The van der Waals surface area contributed by atoms with E-state index >= 15 is 0 Å². The van der Waals surface area contributed by atoms with Gasteiger partial charge in [-0.05, 0) is 25.0 Å². The van der Waals surface area contributed by atoms with Crippen LogP contribution in [0.5, 0.6) is 0 Å². The van der Waals surface area contributed by atoms with Crippen LogP contribution in [-0.4, -0.2) is 48.1 Å². The van der Waals surface area contributed by atoms with Crippen LogP contribution in [0.4, 0.5) is 5.82 Å². The number of nitrogens with two attached hydrogens (primary N) is 1. The Balaban J connectivity index is 1.57. The number of pyridine rings is 1. The summed E-state index contributed by atoms with van der Waals surface area (Å²) in [5.74, 6) is 1.11. The van der Waals surface area contributed by atoms with Crippen molar-refractivity contribution in [2.45, 2.75) is 37.8 Å². The van der Waals surface area contributed by atoms with Gasteiger partial charge >= 0.3 is 0 Å². The van der Waals surface area contributed by atoms with Gasteiger partial charge in [0, 0.05) is 44.5 Å². The second kappa shape index (κ2) is 5.88. The summed E-state index contributed by atoms with van der Waals surface area (Å²) in [7, 11) is 0. The molecule has 0 aromatic carbocycles. The van der Waals surface area contributed by atoms with Crippen molar-refractivity contribution < 1.29 is 0 Å². The fourth-order valence-corrected chi connectivity index (χ4v) is 3.42. The highest BCUT2D eigenvalue weighted by Crippen LogP contribution is 2.23. The molecule has 4 nitrogen and oxygen atoms in total. The molecule has 1 aromatic heterocycles. The van der Waals surface area contributed by atoms with Gasteiger partial charge in [0.1, 0.15) is 5.82 Å². The molecule has 2 fully saturated rings. The van der Waals surface area contributed by atoms with E-state index in [1.54, 1.807) is 0 Å². The van der Waals surface area contributed by atoms with Gasteiger partial charge in [-0.3, -0.25) is 4.90 Å². The molecule has 2 heterocycles. The van der Waals surface area contributed by atoms with Gasteiger partial charge in [0.15, 0.2) is 0 Å². The summed E-state index contributed by atoms with van der Waals surface area (Å²) in [6.07, 6.45) is 7.01. The lowest BCUT2D eigenvalue weighted by molar-refractivity contribution is 0.130. The van der Waals surface area contributed by atoms with Crippen molar-refractivity contribution in [3.8, 4) is 0 Å². The first-order valence-corrected chi connectivity index (χ1v) is 7.50. The average molecular weight is 260 g/mol.